The third kappa shape index (κ3) is 5.39. The van der Waals surface area contributed by atoms with E-state index in [2.05, 4.69) is 29.8 Å². The van der Waals surface area contributed by atoms with Crippen LogP contribution in [0, 0.1) is 0 Å². The molecule has 0 saturated carbocycles. The van der Waals surface area contributed by atoms with Crippen molar-refractivity contribution in [1.82, 2.24) is 34.1 Å². The van der Waals surface area contributed by atoms with Gasteiger partial charge in [-0.25, -0.2) is 9.36 Å². The summed E-state index contributed by atoms with van der Waals surface area (Å²) >= 11 is 2.25. The summed E-state index contributed by atoms with van der Waals surface area (Å²) in [6.45, 7) is 2.62. The van der Waals surface area contributed by atoms with Crippen LogP contribution < -0.4 is 15.6 Å². The lowest BCUT2D eigenvalue weighted by Gasteiger charge is -2.49. The van der Waals surface area contributed by atoms with Crippen LogP contribution >= 0.6 is 23.3 Å². The van der Waals surface area contributed by atoms with Crippen molar-refractivity contribution in [2.24, 2.45) is 5.16 Å². The second kappa shape index (κ2) is 11.8. The van der Waals surface area contributed by atoms with Crippen LogP contribution in [0.5, 0.6) is 0 Å². The molecule has 1 saturated heterocycles. The van der Waals surface area contributed by atoms with Gasteiger partial charge in [0.25, 0.3) is 11.8 Å². The average Bonchev–Trinajstić information content (AvgIpc) is 3.62. The SMILES string of the molecule is CCON=C(C(=O)NC1C(=O)N2C(C(=O)O)=C(C[n+]3cccc4c3ncn4Cc3ccccn3)CSC12)c1nsc(N)n1. The van der Waals surface area contributed by atoms with Gasteiger partial charge in [-0.2, -0.15) is 9.36 Å². The number of hydrogen-bond acceptors (Lipinski definition) is 12. The van der Waals surface area contributed by atoms with Crippen molar-refractivity contribution >= 4 is 63.1 Å². The zero-order valence-electron chi connectivity index (χ0n) is 22.7. The first-order valence-corrected chi connectivity index (χ1v) is 14.9. The maximum absolute atomic E-state index is 13.3. The van der Waals surface area contributed by atoms with Crippen LogP contribution in [0.4, 0.5) is 5.13 Å². The smallest absolute Gasteiger partial charge is 0.352 e. The third-order valence-electron chi connectivity index (χ3n) is 6.76. The molecular weight excluding hydrogens is 596 g/mol. The number of thioether (sulfide) groups is 1. The van der Waals surface area contributed by atoms with Gasteiger partial charge in [0.05, 0.1) is 18.4 Å². The van der Waals surface area contributed by atoms with E-state index in [1.165, 1.54) is 16.7 Å². The third-order valence-corrected chi connectivity index (χ3v) is 8.64. The lowest BCUT2D eigenvalue weighted by molar-refractivity contribution is -0.664. The van der Waals surface area contributed by atoms with E-state index in [4.69, 9.17) is 10.6 Å². The second-order valence-corrected chi connectivity index (χ2v) is 11.4. The van der Waals surface area contributed by atoms with Crippen LogP contribution in [-0.4, -0.2) is 81.2 Å². The van der Waals surface area contributed by atoms with Crippen LogP contribution in [0.3, 0.4) is 0 Å². The fourth-order valence-electron chi connectivity index (χ4n) is 4.87. The van der Waals surface area contributed by atoms with Crippen molar-refractivity contribution in [3.8, 4) is 0 Å². The molecule has 15 nitrogen and oxygen atoms in total. The van der Waals surface area contributed by atoms with Crippen molar-refractivity contribution < 1.29 is 28.9 Å². The summed E-state index contributed by atoms with van der Waals surface area (Å²) in [5, 5.41) is 16.1. The number of hydrogen-bond donors (Lipinski definition) is 3. The molecule has 0 bridgehead atoms. The topological polar surface area (TPSA) is 195 Å². The summed E-state index contributed by atoms with van der Waals surface area (Å²) in [6.07, 6.45) is 5.28. The van der Waals surface area contributed by atoms with E-state index in [0.717, 1.165) is 22.7 Å². The van der Waals surface area contributed by atoms with E-state index < -0.39 is 29.2 Å². The largest absolute Gasteiger partial charge is 0.477 e. The molecule has 4 aromatic rings. The molecule has 4 aromatic heterocycles. The predicted molar refractivity (Wildman–Crippen MR) is 155 cm³/mol. The number of fused-ring (bicyclic) bond motifs is 2. The molecule has 0 spiro atoms. The van der Waals surface area contributed by atoms with E-state index in [-0.39, 0.29) is 35.5 Å². The van der Waals surface area contributed by atoms with E-state index in [0.29, 0.717) is 23.5 Å². The average molecular weight is 622 g/mol. The first-order chi connectivity index (χ1) is 20.9. The molecule has 220 valence electrons. The van der Waals surface area contributed by atoms with E-state index in [1.54, 1.807) is 19.4 Å². The first-order valence-electron chi connectivity index (χ1n) is 13.1. The molecule has 2 unspecified atom stereocenters. The summed E-state index contributed by atoms with van der Waals surface area (Å²) in [7, 11) is 0. The van der Waals surface area contributed by atoms with Gasteiger partial charge in [-0.15, -0.1) is 11.8 Å². The summed E-state index contributed by atoms with van der Waals surface area (Å²) in [5.74, 6) is -2.22. The molecule has 2 aliphatic rings. The molecule has 0 aliphatic carbocycles. The lowest BCUT2D eigenvalue weighted by atomic mass is 10.0. The Balaban J connectivity index is 1.22. The molecule has 1 fully saturated rings. The number of amides is 2. The van der Waals surface area contributed by atoms with Gasteiger partial charge < -0.3 is 21.0 Å². The Morgan fingerprint density at radius 3 is 2.86 bits per heavy atom. The quantitative estimate of drug-likeness (QED) is 0.0959. The summed E-state index contributed by atoms with van der Waals surface area (Å²) in [5.41, 5.74) is 8.26. The highest BCUT2D eigenvalue weighted by Crippen LogP contribution is 2.40. The molecular formula is C26H25N10O5S2+. The fraction of sp³-hybridized carbons (Fsp3) is 0.269. The zero-order valence-corrected chi connectivity index (χ0v) is 24.3. The number of aliphatic carboxylic acids is 1. The van der Waals surface area contributed by atoms with Crippen LogP contribution in [0.1, 0.15) is 18.4 Å². The number of oxime groups is 1. The highest BCUT2D eigenvalue weighted by Gasteiger charge is 2.54. The van der Waals surface area contributed by atoms with Gasteiger partial charge in [-0.1, -0.05) is 11.2 Å². The van der Waals surface area contributed by atoms with Crippen LogP contribution in [0.2, 0.25) is 0 Å². The molecule has 2 aliphatic heterocycles. The number of nitrogens with two attached hydrogens (primary N) is 1. The van der Waals surface area contributed by atoms with E-state index in [9.17, 15) is 19.5 Å². The maximum Gasteiger partial charge on any atom is 0.352 e. The number of carboxylic acid groups (broad SMARTS) is 1. The summed E-state index contributed by atoms with van der Waals surface area (Å²) in [6, 6.07) is 8.53. The number of imidazole rings is 1. The predicted octanol–water partition coefficient (Wildman–Crippen LogP) is 0.380. The highest BCUT2D eigenvalue weighted by molar-refractivity contribution is 8.00. The molecule has 4 N–H and O–H groups in total. The molecule has 6 heterocycles. The number of anilines is 1. The van der Waals surface area contributed by atoms with Gasteiger partial charge in [0, 0.05) is 29.1 Å². The van der Waals surface area contributed by atoms with Crippen molar-refractivity contribution in [2.75, 3.05) is 18.1 Å². The summed E-state index contributed by atoms with van der Waals surface area (Å²) < 4.78 is 7.83. The Kier molecular flexibility index (Phi) is 7.73. The number of rotatable bonds is 10. The van der Waals surface area contributed by atoms with Crippen molar-refractivity contribution in [3.63, 3.8) is 0 Å². The van der Waals surface area contributed by atoms with Gasteiger partial charge >= 0.3 is 11.6 Å². The van der Waals surface area contributed by atoms with Crippen LogP contribution in [-0.2, 0) is 32.3 Å². The molecule has 6 rings (SSSR count). The van der Waals surface area contributed by atoms with Gasteiger partial charge in [0.1, 0.15) is 35.8 Å². The molecule has 17 heteroatoms. The highest BCUT2D eigenvalue weighted by atomic mass is 32.2. The number of nitrogens with one attached hydrogen (secondary N) is 1. The van der Waals surface area contributed by atoms with Crippen LogP contribution in [0.25, 0.3) is 11.2 Å². The number of pyridine rings is 2. The van der Waals surface area contributed by atoms with Crippen molar-refractivity contribution in [2.45, 2.75) is 31.4 Å². The number of carboxylic acids is 1. The van der Waals surface area contributed by atoms with Gasteiger partial charge in [0.15, 0.2) is 5.13 Å². The Hall–Kier alpha value is -4.90. The number of nitrogens with zero attached hydrogens (tertiary/aromatic N) is 8. The molecule has 2 atom stereocenters. The Morgan fingerprint density at radius 1 is 1.28 bits per heavy atom. The number of nitrogen functional groups attached to an aromatic ring is 1. The molecule has 0 aromatic carbocycles. The number of carbonyl (C=O) groups is 3. The van der Waals surface area contributed by atoms with Gasteiger partial charge in [0.2, 0.25) is 17.9 Å². The first kappa shape index (κ1) is 28.2. The molecule has 0 radical (unpaired) electrons. The molecule has 43 heavy (non-hydrogen) atoms. The Bertz CT molecular complexity index is 1790. The maximum atomic E-state index is 13.3. The number of aromatic nitrogens is 6. The minimum absolute atomic E-state index is 0.0320. The van der Waals surface area contributed by atoms with Crippen molar-refractivity contribution in [1.29, 1.82) is 0 Å². The van der Waals surface area contributed by atoms with Crippen molar-refractivity contribution in [3.05, 3.63) is 71.8 Å². The molecule has 2 amide bonds. The Morgan fingerprint density at radius 2 is 2.14 bits per heavy atom. The minimum atomic E-state index is -1.23. The fourth-order valence-corrected chi connectivity index (χ4v) is 6.64. The van der Waals surface area contributed by atoms with E-state index >= 15 is 0 Å². The van der Waals surface area contributed by atoms with Gasteiger partial charge in [-0.3, -0.25) is 24.0 Å². The van der Waals surface area contributed by atoms with E-state index in [1.807, 2.05) is 45.7 Å². The number of β-lactam (4-membered cyclic amide) rings is 1. The second-order valence-electron chi connectivity index (χ2n) is 9.47. The zero-order chi connectivity index (χ0) is 30.1. The standard InChI is InChI=1S/C26H24N10O5S2/c1-2-41-32-17(20-31-26(27)43-33-20)22(37)30-18-23(38)36-19(25(39)40)14(12-42-24(18)36)10-34-9-5-7-16-21(34)29-13-35(16)11-15-6-3-4-8-28-15/h3-9,13,18,24H,2,10-12H2,1H3,(H3-,27,30,31,33,37,39,40)/p+1. The summed E-state index contributed by atoms with van der Waals surface area (Å²) in [4.78, 5) is 58.0. The van der Waals surface area contributed by atoms with Crippen LogP contribution in [0.15, 0.2) is 65.5 Å². The van der Waals surface area contributed by atoms with Gasteiger partial charge in [-0.05, 0) is 36.2 Å². The minimum Gasteiger partial charge on any atom is -0.477 e. The monoisotopic (exact) mass is 621 g/mol. The normalized spacial score (nSPS) is 18.4. The Labute approximate surface area is 252 Å². The lowest BCUT2D eigenvalue weighted by Crippen LogP contribution is -2.71. The number of carbonyl (C=O) groups excluding carboxylic acids is 2.